The zero-order valence-corrected chi connectivity index (χ0v) is 11.6. The molecule has 0 unspecified atom stereocenters. The molecule has 0 radical (unpaired) electrons. The number of aryl methyl sites for hydroxylation is 1. The van der Waals surface area contributed by atoms with Crippen LogP contribution in [0.3, 0.4) is 0 Å². The van der Waals surface area contributed by atoms with Crippen LogP contribution in [-0.2, 0) is 17.7 Å². The minimum Gasteiger partial charge on any atom is -0.444 e. The Morgan fingerprint density at radius 3 is 2.82 bits per heavy atom. The van der Waals surface area contributed by atoms with Crippen molar-refractivity contribution in [2.45, 2.75) is 46.3 Å². The number of hydrogen-bond acceptors (Lipinski definition) is 4. The molecule has 0 saturated carbocycles. The van der Waals surface area contributed by atoms with Crippen molar-refractivity contribution in [1.82, 2.24) is 9.88 Å². The Kier molecular flexibility index (Phi) is 3.12. The van der Waals surface area contributed by atoms with Crippen molar-refractivity contribution in [1.29, 1.82) is 0 Å². The van der Waals surface area contributed by atoms with E-state index in [0.29, 0.717) is 13.1 Å². The Morgan fingerprint density at radius 2 is 2.18 bits per heavy atom. The number of carbonyl (C=O) groups excluding carboxylic acids is 1. The average Bonchev–Trinajstić information content (AvgIpc) is 2.53. The molecular formula is C12H18N2O2S. The summed E-state index contributed by atoms with van der Waals surface area (Å²) in [6, 6.07) is 0. The average molecular weight is 254 g/mol. The Labute approximate surface area is 106 Å². The van der Waals surface area contributed by atoms with E-state index in [1.54, 1.807) is 16.2 Å². The van der Waals surface area contributed by atoms with Gasteiger partial charge in [0.1, 0.15) is 5.60 Å². The minimum atomic E-state index is -0.430. The topological polar surface area (TPSA) is 42.4 Å². The molecule has 94 valence electrons. The predicted octanol–water partition coefficient (Wildman–Crippen LogP) is 2.74. The maximum Gasteiger partial charge on any atom is 0.410 e. The normalized spacial score (nSPS) is 15.6. The fourth-order valence-corrected chi connectivity index (χ4v) is 2.81. The van der Waals surface area contributed by atoms with Gasteiger partial charge in [-0.15, -0.1) is 11.3 Å². The summed E-state index contributed by atoms with van der Waals surface area (Å²) in [5.74, 6) is 0. The van der Waals surface area contributed by atoms with Crippen LogP contribution in [0.25, 0.3) is 0 Å². The summed E-state index contributed by atoms with van der Waals surface area (Å²) in [7, 11) is 0. The van der Waals surface area contributed by atoms with Crippen LogP contribution >= 0.6 is 11.3 Å². The lowest BCUT2D eigenvalue weighted by atomic mass is 10.2. The molecule has 1 aliphatic heterocycles. The molecule has 0 fully saturated rings. The van der Waals surface area contributed by atoms with Crippen LogP contribution in [0.4, 0.5) is 4.79 Å². The monoisotopic (exact) mass is 254 g/mol. The van der Waals surface area contributed by atoms with E-state index in [0.717, 1.165) is 17.1 Å². The maximum atomic E-state index is 11.9. The van der Waals surface area contributed by atoms with Gasteiger partial charge in [-0.25, -0.2) is 9.78 Å². The third kappa shape index (κ3) is 2.97. The number of ether oxygens (including phenoxy) is 1. The summed E-state index contributed by atoms with van der Waals surface area (Å²) in [4.78, 5) is 19.3. The molecule has 4 nitrogen and oxygen atoms in total. The quantitative estimate of drug-likeness (QED) is 0.715. The third-order valence-electron chi connectivity index (χ3n) is 2.49. The third-order valence-corrected chi connectivity index (χ3v) is 3.49. The first kappa shape index (κ1) is 12.4. The molecule has 0 spiro atoms. The van der Waals surface area contributed by atoms with Crippen LogP contribution in [-0.4, -0.2) is 28.1 Å². The highest BCUT2D eigenvalue weighted by atomic mass is 32.1. The maximum absolute atomic E-state index is 11.9. The first-order chi connectivity index (χ1) is 7.85. The van der Waals surface area contributed by atoms with Gasteiger partial charge in [0, 0.05) is 17.8 Å². The van der Waals surface area contributed by atoms with Gasteiger partial charge in [-0.3, -0.25) is 0 Å². The number of hydrogen-bond donors (Lipinski definition) is 0. The zero-order valence-electron chi connectivity index (χ0n) is 10.7. The van der Waals surface area contributed by atoms with E-state index in [2.05, 4.69) is 4.98 Å². The number of carbonyl (C=O) groups is 1. The molecule has 1 aliphatic rings. The predicted molar refractivity (Wildman–Crippen MR) is 67.2 cm³/mol. The number of thiazole rings is 1. The van der Waals surface area contributed by atoms with Crippen LogP contribution in [0.5, 0.6) is 0 Å². The van der Waals surface area contributed by atoms with E-state index in [-0.39, 0.29) is 6.09 Å². The fourth-order valence-electron chi connectivity index (χ4n) is 1.81. The van der Waals surface area contributed by atoms with Crippen molar-refractivity contribution in [3.63, 3.8) is 0 Å². The van der Waals surface area contributed by atoms with Gasteiger partial charge in [-0.1, -0.05) is 0 Å². The largest absolute Gasteiger partial charge is 0.444 e. The number of nitrogens with zero attached hydrogens (tertiary/aromatic N) is 2. The van der Waals surface area contributed by atoms with E-state index in [4.69, 9.17) is 4.74 Å². The molecule has 1 aromatic heterocycles. The highest BCUT2D eigenvalue weighted by Crippen LogP contribution is 2.25. The summed E-state index contributed by atoms with van der Waals surface area (Å²) in [5.41, 5.74) is 0.716. The molecule has 2 rings (SSSR count). The van der Waals surface area contributed by atoms with Gasteiger partial charge in [-0.05, 0) is 27.7 Å². The van der Waals surface area contributed by atoms with Gasteiger partial charge in [0.2, 0.25) is 0 Å². The molecular weight excluding hydrogens is 236 g/mol. The molecule has 2 heterocycles. The number of fused-ring (bicyclic) bond motifs is 1. The van der Waals surface area contributed by atoms with Gasteiger partial charge in [0.05, 0.1) is 17.2 Å². The second kappa shape index (κ2) is 4.29. The van der Waals surface area contributed by atoms with Crippen LogP contribution in [0, 0.1) is 6.92 Å². The zero-order chi connectivity index (χ0) is 12.6. The van der Waals surface area contributed by atoms with E-state index in [9.17, 15) is 4.79 Å². The highest BCUT2D eigenvalue weighted by Gasteiger charge is 2.27. The van der Waals surface area contributed by atoms with E-state index >= 15 is 0 Å². The smallest absolute Gasteiger partial charge is 0.410 e. The second-order valence-corrected chi connectivity index (χ2v) is 6.54. The lowest BCUT2D eigenvalue weighted by molar-refractivity contribution is 0.0225. The van der Waals surface area contributed by atoms with Gasteiger partial charge in [-0.2, -0.15) is 0 Å². The van der Waals surface area contributed by atoms with Crippen molar-refractivity contribution in [2.24, 2.45) is 0 Å². The van der Waals surface area contributed by atoms with Crippen molar-refractivity contribution >= 4 is 17.4 Å². The number of amides is 1. The summed E-state index contributed by atoms with van der Waals surface area (Å²) in [5, 5.41) is 1.07. The fraction of sp³-hybridized carbons (Fsp3) is 0.667. The van der Waals surface area contributed by atoms with E-state index < -0.39 is 5.60 Å². The first-order valence-electron chi connectivity index (χ1n) is 5.78. The Bertz CT molecular complexity index is 434. The standard InChI is InChI=1S/C12H18N2O2S/c1-8-13-9-5-6-14(7-10(9)17-8)11(15)16-12(2,3)4/h5-7H2,1-4H3. The Balaban J connectivity index is 2.05. The summed E-state index contributed by atoms with van der Waals surface area (Å²) < 4.78 is 5.37. The molecule has 0 aromatic carbocycles. The van der Waals surface area contributed by atoms with Crippen molar-refractivity contribution in [3.05, 3.63) is 15.6 Å². The lowest BCUT2D eigenvalue weighted by Gasteiger charge is -2.29. The Morgan fingerprint density at radius 1 is 1.47 bits per heavy atom. The van der Waals surface area contributed by atoms with Crippen LogP contribution in [0.2, 0.25) is 0 Å². The molecule has 1 aromatic rings. The minimum absolute atomic E-state index is 0.228. The summed E-state index contributed by atoms with van der Waals surface area (Å²) in [6.45, 7) is 8.99. The second-order valence-electron chi connectivity index (χ2n) is 5.25. The van der Waals surface area contributed by atoms with Crippen molar-refractivity contribution in [3.8, 4) is 0 Å². The Hall–Kier alpha value is -1.10. The SMILES string of the molecule is Cc1nc2c(s1)CN(C(=O)OC(C)(C)C)CC2. The highest BCUT2D eigenvalue weighted by molar-refractivity contribution is 7.11. The van der Waals surface area contributed by atoms with Gasteiger partial charge in [0.15, 0.2) is 0 Å². The van der Waals surface area contributed by atoms with Gasteiger partial charge < -0.3 is 9.64 Å². The number of rotatable bonds is 0. The lowest BCUT2D eigenvalue weighted by Crippen LogP contribution is -2.39. The molecule has 0 bridgehead atoms. The molecule has 0 atom stereocenters. The first-order valence-corrected chi connectivity index (χ1v) is 6.60. The number of aromatic nitrogens is 1. The van der Waals surface area contributed by atoms with E-state index in [1.807, 2.05) is 27.7 Å². The summed E-state index contributed by atoms with van der Waals surface area (Å²) >= 11 is 1.67. The molecule has 5 heteroatoms. The van der Waals surface area contributed by atoms with Crippen molar-refractivity contribution < 1.29 is 9.53 Å². The van der Waals surface area contributed by atoms with Gasteiger partial charge in [0.25, 0.3) is 0 Å². The van der Waals surface area contributed by atoms with Crippen molar-refractivity contribution in [2.75, 3.05) is 6.54 Å². The molecule has 17 heavy (non-hydrogen) atoms. The van der Waals surface area contributed by atoms with E-state index in [1.165, 1.54) is 4.88 Å². The van der Waals surface area contributed by atoms with Crippen LogP contribution in [0.15, 0.2) is 0 Å². The van der Waals surface area contributed by atoms with Gasteiger partial charge >= 0.3 is 6.09 Å². The molecule has 0 N–H and O–H groups in total. The van der Waals surface area contributed by atoms with Crippen LogP contribution in [0.1, 0.15) is 36.3 Å². The molecule has 0 saturated heterocycles. The summed E-state index contributed by atoms with van der Waals surface area (Å²) in [6.07, 6.45) is 0.605. The molecule has 1 amide bonds. The van der Waals surface area contributed by atoms with Crippen LogP contribution < -0.4 is 0 Å². The molecule has 0 aliphatic carbocycles.